The Hall–Kier alpha value is -0.0800. The third-order valence-electron chi connectivity index (χ3n) is 4.26. The number of nitrogens with two attached hydrogens (primary N) is 1. The Labute approximate surface area is 94.2 Å². The first-order valence-electron chi connectivity index (χ1n) is 6.86. The Morgan fingerprint density at radius 3 is 2.47 bits per heavy atom. The van der Waals surface area contributed by atoms with Gasteiger partial charge in [0.2, 0.25) is 0 Å². The maximum absolute atomic E-state index is 5.63. The van der Waals surface area contributed by atoms with E-state index in [0.29, 0.717) is 0 Å². The van der Waals surface area contributed by atoms with Gasteiger partial charge in [-0.2, -0.15) is 0 Å². The molecule has 0 amide bonds. The van der Waals surface area contributed by atoms with Crippen molar-refractivity contribution in [3.8, 4) is 0 Å². The Morgan fingerprint density at radius 1 is 1.00 bits per heavy atom. The lowest BCUT2D eigenvalue weighted by Crippen LogP contribution is -2.40. The van der Waals surface area contributed by atoms with Gasteiger partial charge in [-0.15, -0.1) is 0 Å². The van der Waals surface area contributed by atoms with Gasteiger partial charge in [-0.3, -0.25) is 0 Å². The molecule has 1 saturated heterocycles. The zero-order valence-corrected chi connectivity index (χ0v) is 9.96. The van der Waals surface area contributed by atoms with Gasteiger partial charge in [-0.1, -0.05) is 12.8 Å². The molecule has 0 bridgehead atoms. The van der Waals surface area contributed by atoms with Crippen LogP contribution in [-0.2, 0) is 0 Å². The minimum Gasteiger partial charge on any atom is -0.330 e. The second kappa shape index (κ2) is 5.86. The van der Waals surface area contributed by atoms with Crippen LogP contribution in [0.15, 0.2) is 0 Å². The summed E-state index contributed by atoms with van der Waals surface area (Å²) in [6, 6.07) is 0.910. The summed E-state index contributed by atoms with van der Waals surface area (Å²) >= 11 is 0. The van der Waals surface area contributed by atoms with Crippen LogP contribution in [0, 0.1) is 5.92 Å². The lowest BCUT2D eigenvalue weighted by molar-refractivity contribution is 0.121. The minimum absolute atomic E-state index is 0.878. The van der Waals surface area contributed by atoms with Gasteiger partial charge in [-0.05, 0) is 64.1 Å². The fraction of sp³-hybridized carbons (Fsp3) is 1.00. The normalized spacial score (nSPS) is 33.4. The number of hydrogen-bond acceptors (Lipinski definition) is 2. The van der Waals surface area contributed by atoms with Crippen LogP contribution in [0.25, 0.3) is 0 Å². The molecule has 0 aromatic carbocycles. The minimum atomic E-state index is 0.878. The molecule has 2 aliphatic rings. The summed E-state index contributed by atoms with van der Waals surface area (Å²) in [4.78, 5) is 2.76. The molecule has 1 aliphatic heterocycles. The molecule has 1 heterocycles. The van der Waals surface area contributed by atoms with Crippen LogP contribution in [0.5, 0.6) is 0 Å². The molecule has 0 spiro atoms. The molecular weight excluding hydrogens is 184 g/mol. The van der Waals surface area contributed by atoms with E-state index in [2.05, 4.69) is 4.90 Å². The molecule has 2 fully saturated rings. The highest BCUT2D eigenvalue weighted by Gasteiger charge is 2.30. The summed E-state index contributed by atoms with van der Waals surface area (Å²) in [5.74, 6) is 0.959. The number of hydrogen-bond donors (Lipinski definition) is 1. The van der Waals surface area contributed by atoms with Crippen molar-refractivity contribution in [3.05, 3.63) is 0 Å². The highest BCUT2D eigenvalue weighted by atomic mass is 15.2. The molecule has 0 radical (unpaired) electrons. The van der Waals surface area contributed by atoms with Crippen molar-refractivity contribution in [3.63, 3.8) is 0 Å². The Bertz CT molecular complexity index is 175. The first-order chi connectivity index (χ1) is 7.42. The molecule has 1 saturated carbocycles. The first kappa shape index (κ1) is 11.4. The SMILES string of the molecule is NCCCC1CCCCC1N1CCCC1. The van der Waals surface area contributed by atoms with E-state index < -0.39 is 0 Å². The molecule has 88 valence electrons. The lowest BCUT2D eigenvalue weighted by Gasteiger charge is -2.38. The van der Waals surface area contributed by atoms with E-state index in [1.807, 2.05) is 0 Å². The molecule has 15 heavy (non-hydrogen) atoms. The van der Waals surface area contributed by atoms with Gasteiger partial charge < -0.3 is 10.6 Å². The molecule has 1 aliphatic carbocycles. The van der Waals surface area contributed by atoms with E-state index in [1.54, 1.807) is 0 Å². The quantitative estimate of drug-likeness (QED) is 0.772. The maximum Gasteiger partial charge on any atom is 0.0123 e. The Kier molecular flexibility index (Phi) is 4.45. The van der Waals surface area contributed by atoms with Gasteiger partial charge in [0, 0.05) is 6.04 Å². The zero-order chi connectivity index (χ0) is 10.5. The number of likely N-dealkylation sites (tertiary alicyclic amines) is 1. The van der Waals surface area contributed by atoms with E-state index in [0.717, 1.165) is 18.5 Å². The van der Waals surface area contributed by atoms with Gasteiger partial charge in [0.05, 0.1) is 0 Å². The predicted octanol–water partition coefficient (Wildman–Crippen LogP) is 2.38. The van der Waals surface area contributed by atoms with Crippen molar-refractivity contribution >= 4 is 0 Å². The van der Waals surface area contributed by atoms with Crippen LogP contribution < -0.4 is 5.73 Å². The van der Waals surface area contributed by atoms with E-state index in [9.17, 15) is 0 Å². The van der Waals surface area contributed by atoms with E-state index in [-0.39, 0.29) is 0 Å². The molecular formula is C13H26N2. The van der Waals surface area contributed by atoms with Crippen molar-refractivity contribution in [2.75, 3.05) is 19.6 Å². The van der Waals surface area contributed by atoms with Crippen LogP contribution in [0.1, 0.15) is 51.4 Å². The van der Waals surface area contributed by atoms with Crippen molar-refractivity contribution < 1.29 is 0 Å². The summed E-state index contributed by atoms with van der Waals surface area (Å²) < 4.78 is 0. The summed E-state index contributed by atoms with van der Waals surface area (Å²) in [6.07, 6.45) is 11.3. The third kappa shape index (κ3) is 2.94. The van der Waals surface area contributed by atoms with Crippen molar-refractivity contribution in [1.29, 1.82) is 0 Å². The first-order valence-corrected chi connectivity index (χ1v) is 6.86. The standard InChI is InChI=1S/C13H26N2/c14-9-5-7-12-6-1-2-8-13(12)15-10-3-4-11-15/h12-13H,1-11,14H2. The van der Waals surface area contributed by atoms with Crippen LogP contribution in [0.4, 0.5) is 0 Å². The molecule has 2 rings (SSSR count). The average molecular weight is 210 g/mol. The predicted molar refractivity (Wildman–Crippen MR) is 64.8 cm³/mol. The molecule has 2 N–H and O–H groups in total. The van der Waals surface area contributed by atoms with Crippen LogP contribution >= 0.6 is 0 Å². The molecule has 0 aromatic rings. The second-order valence-electron chi connectivity index (χ2n) is 5.29. The summed E-state index contributed by atoms with van der Waals surface area (Å²) in [6.45, 7) is 3.61. The Morgan fingerprint density at radius 2 is 1.73 bits per heavy atom. The Balaban J connectivity index is 1.86. The average Bonchev–Trinajstić information content (AvgIpc) is 2.80. The second-order valence-corrected chi connectivity index (χ2v) is 5.29. The lowest BCUT2D eigenvalue weighted by atomic mass is 9.81. The molecule has 2 atom stereocenters. The maximum atomic E-state index is 5.63. The van der Waals surface area contributed by atoms with Gasteiger partial charge in [-0.25, -0.2) is 0 Å². The zero-order valence-electron chi connectivity index (χ0n) is 9.96. The van der Waals surface area contributed by atoms with Crippen LogP contribution in [0.3, 0.4) is 0 Å². The molecule has 2 nitrogen and oxygen atoms in total. The number of rotatable bonds is 4. The highest BCUT2D eigenvalue weighted by Crippen LogP contribution is 2.33. The molecule has 2 unspecified atom stereocenters. The molecule has 2 heteroatoms. The van der Waals surface area contributed by atoms with Gasteiger partial charge in [0.25, 0.3) is 0 Å². The van der Waals surface area contributed by atoms with Crippen molar-refractivity contribution in [1.82, 2.24) is 4.90 Å². The summed E-state index contributed by atoms with van der Waals surface area (Å²) in [7, 11) is 0. The fourth-order valence-electron chi connectivity index (χ4n) is 3.46. The van der Waals surface area contributed by atoms with Gasteiger partial charge >= 0.3 is 0 Å². The van der Waals surface area contributed by atoms with E-state index >= 15 is 0 Å². The highest BCUT2D eigenvalue weighted by molar-refractivity contribution is 4.85. The van der Waals surface area contributed by atoms with Crippen molar-refractivity contribution in [2.24, 2.45) is 11.7 Å². The van der Waals surface area contributed by atoms with Crippen molar-refractivity contribution in [2.45, 2.75) is 57.4 Å². The fourth-order valence-corrected chi connectivity index (χ4v) is 3.46. The molecule has 0 aromatic heterocycles. The largest absolute Gasteiger partial charge is 0.330 e. The number of nitrogens with zero attached hydrogens (tertiary/aromatic N) is 1. The van der Waals surface area contributed by atoms with Crippen LogP contribution in [0.2, 0.25) is 0 Å². The van der Waals surface area contributed by atoms with Crippen LogP contribution in [-0.4, -0.2) is 30.6 Å². The van der Waals surface area contributed by atoms with E-state index in [1.165, 1.54) is 64.5 Å². The monoisotopic (exact) mass is 210 g/mol. The van der Waals surface area contributed by atoms with E-state index in [4.69, 9.17) is 5.73 Å². The summed E-state index contributed by atoms with van der Waals surface area (Å²) in [5.41, 5.74) is 5.63. The van der Waals surface area contributed by atoms with Gasteiger partial charge in [0.15, 0.2) is 0 Å². The third-order valence-corrected chi connectivity index (χ3v) is 4.26. The smallest absolute Gasteiger partial charge is 0.0123 e. The summed E-state index contributed by atoms with van der Waals surface area (Å²) in [5, 5.41) is 0. The topological polar surface area (TPSA) is 29.3 Å². The van der Waals surface area contributed by atoms with Gasteiger partial charge in [0.1, 0.15) is 0 Å².